The fourth-order valence-corrected chi connectivity index (χ4v) is 2.07. The maximum absolute atomic E-state index is 6.02. The van der Waals surface area contributed by atoms with Crippen molar-refractivity contribution < 1.29 is 10.1 Å². The summed E-state index contributed by atoms with van der Waals surface area (Å²) < 4.78 is 4.96. The van der Waals surface area contributed by atoms with E-state index in [4.69, 9.17) is 21.6 Å². The van der Waals surface area contributed by atoms with Gasteiger partial charge in [0.25, 0.3) is 5.84 Å². The van der Waals surface area contributed by atoms with Crippen LogP contribution in [-0.4, -0.2) is 22.9 Å². The van der Waals surface area contributed by atoms with Gasteiger partial charge < -0.3 is 10.5 Å². The molecule has 0 fully saturated rings. The zero-order chi connectivity index (χ0) is 16.1. The Morgan fingerprint density at radius 2 is 1.91 bits per heavy atom. The van der Waals surface area contributed by atoms with Gasteiger partial charge in [0, 0.05) is 35.6 Å². The highest BCUT2D eigenvalue weighted by Gasteiger charge is 2.11. The maximum atomic E-state index is 6.02. The number of ether oxygens (including phenoxy) is 1. The third kappa shape index (κ3) is 3.60. The number of methoxy groups -OCH3 is 1. The molecule has 22 heavy (non-hydrogen) atoms. The predicted octanol–water partition coefficient (Wildman–Crippen LogP) is 0.215. The van der Waals surface area contributed by atoms with Crippen LogP contribution < -0.4 is 21.6 Å². The third-order valence-corrected chi connectivity index (χ3v) is 3.36. The summed E-state index contributed by atoms with van der Waals surface area (Å²) in [7, 11) is 1.53. The van der Waals surface area contributed by atoms with E-state index >= 15 is 0 Å². The average Bonchev–Trinajstić information content (AvgIpc) is 2.53. The van der Waals surface area contributed by atoms with Crippen molar-refractivity contribution in [3.63, 3.8) is 0 Å². The van der Waals surface area contributed by atoms with Crippen molar-refractivity contribution in [2.24, 2.45) is 11.5 Å². The fraction of sp³-hybridized carbons (Fsp3) is 0.188. The van der Waals surface area contributed by atoms with Crippen molar-refractivity contribution in [1.82, 2.24) is 9.97 Å². The lowest BCUT2D eigenvalue weighted by Gasteiger charge is -2.13. The minimum Gasteiger partial charge on any atom is -0.467 e. The fourth-order valence-electron chi connectivity index (χ4n) is 2.07. The van der Waals surface area contributed by atoms with E-state index in [0.29, 0.717) is 11.7 Å². The molecule has 0 aliphatic heterocycles. The van der Waals surface area contributed by atoms with E-state index in [0.717, 1.165) is 16.7 Å². The van der Waals surface area contributed by atoms with Crippen LogP contribution in [0.3, 0.4) is 0 Å². The minimum absolute atomic E-state index is 0.00113. The molecule has 0 spiro atoms. The van der Waals surface area contributed by atoms with Gasteiger partial charge in [0.05, 0.1) is 7.11 Å². The standard InChI is InChI=1S/C16H19N5O/c1-10(14(17)7-15(18)19)11-4-3-5-12(6-11)13-8-20-16(22-2)21-9-13/h3-10H,17H2,1-2H3,(H3,18,19)/p+1. The van der Waals surface area contributed by atoms with Crippen LogP contribution in [0.25, 0.3) is 11.1 Å². The van der Waals surface area contributed by atoms with Crippen LogP contribution in [0.5, 0.6) is 6.01 Å². The first-order valence-corrected chi connectivity index (χ1v) is 6.82. The summed E-state index contributed by atoms with van der Waals surface area (Å²) in [6, 6.07) is 8.35. The van der Waals surface area contributed by atoms with E-state index in [9.17, 15) is 0 Å². The Balaban J connectivity index is 2.31. The Hall–Kier alpha value is -2.89. The van der Waals surface area contributed by atoms with E-state index in [1.807, 2.05) is 31.2 Å². The lowest BCUT2D eigenvalue weighted by molar-refractivity contribution is -0.113. The van der Waals surface area contributed by atoms with Gasteiger partial charge in [-0.15, -0.1) is 0 Å². The number of rotatable bonds is 5. The number of hydrogen-bond acceptors (Lipinski definition) is 4. The van der Waals surface area contributed by atoms with Gasteiger partial charge in [-0.25, -0.2) is 9.97 Å². The quantitative estimate of drug-likeness (QED) is 0.539. The zero-order valence-corrected chi connectivity index (χ0v) is 12.7. The van der Waals surface area contributed by atoms with Crippen molar-refractivity contribution in [2.45, 2.75) is 12.8 Å². The minimum atomic E-state index is 0.00113. The van der Waals surface area contributed by atoms with E-state index in [2.05, 4.69) is 9.97 Å². The molecule has 0 bridgehead atoms. The van der Waals surface area contributed by atoms with Crippen molar-refractivity contribution >= 4 is 5.84 Å². The molecule has 114 valence electrons. The van der Waals surface area contributed by atoms with E-state index in [1.165, 1.54) is 7.11 Å². The molecule has 2 aromatic rings. The highest BCUT2D eigenvalue weighted by Crippen LogP contribution is 2.26. The highest BCUT2D eigenvalue weighted by molar-refractivity contribution is 5.86. The molecule has 0 amide bonds. The van der Waals surface area contributed by atoms with Crippen LogP contribution in [-0.2, 0) is 0 Å². The smallest absolute Gasteiger partial charge is 0.316 e. The number of hydrogen-bond donors (Lipinski definition) is 3. The second-order valence-corrected chi connectivity index (χ2v) is 4.95. The molecule has 0 aliphatic carbocycles. The number of nitrogens with two attached hydrogens (primary N) is 3. The lowest BCUT2D eigenvalue weighted by atomic mass is 9.94. The molecule has 1 unspecified atom stereocenters. The largest absolute Gasteiger partial charge is 0.467 e. The van der Waals surface area contributed by atoms with Gasteiger partial charge in [-0.3, -0.25) is 11.1 Å². The lowest BCUT2D eigenvalue weighted by Crippen LogP contribution is -2.44. The molecule has 0 radical (unpaired) electrons. The Morgan fingerprint density at radius 3 is 2.50 bits per heavy atom. The van der Waals surface area contributed by atoms with Crippen LogP contribution in [0.1, 0.15) is 18.4 Å². The topological polar surface area (TPSA) is 113 Å². The molecule has 6 heteroatoms. The first-order valence-electron chi connectivity index (χ1n) is 6.82. The van der Waals surface area contributed by atoms with Gasteiger partial charge in [-0.2, -0.15) is 0 Å². The predicted molar refractivity (Wildman–Crippen MR) is 85.8 cm³/mol. The van der Waals surface area contributed by atoms with Gasteiger partial charge in [0.15, 0.2) is 0 Å². The molecule has 0 aliphatic rings. The molecule has 6 N–H and O–H groups in total. The Morgan fingerprint density at radius 1 is 1.23 bits per heavy atom. The molecular weight excluding hydrogens is 278 g/mol. The van der Waals surface area contributed by atoms with Gasteiger partial charge in [0.2, 0.25) is 0 Å². The van der Waals surface area contributed by atoms with Crippen LogP contribution in [0.4, 0.5) is 0 Å². The van der Waals surface area contributed by atoms with Gasteiger partial charge in [-0.05, 0) is 11.1 Å². The molecule has 1 aromatic heterocycles. The van der Waals surface area contributed by atoms with Gasteiger partial charge >= 0.3 is 6.01 Å². The van der Waals surface area contributed by atoms with Gasteiger partial charge in [-0.1, -0.05) is 31.2 Å². The molecule has 0 saturated carbocycles. The van der Waals surface area contributed by atoms with Crippen molar-refractivity contribution in [1.29, 1.82) is 0 Å². The molecule has 2 rings (SSSR count). The normalized spacial score (nSPS) is 12.7. The van der Waals surface area contributed by atoms with Crippen LogP contribution >= 0.6 is 0 Å². The summed E-state index contributed by atoms with van der Waals surface area (Å²) in [5.41, 5.74) is 15.1. The van der Waals surface area contributed by atoms with E-state index < -0.39 is 0 Å². The molecule has 6 nitrogen and oxygen atoms in total. The van der Waals surface area contributed by atoms with E-state index in [-0.39, 0.29) is 11.8 Å². The number of allylic oxidation sites excluding steroid dienone is 1. The summed E-state index contributed by atoms with van der Waals surface area (Å²) in [4.78, 5) is 8.23. The maximum Gasteiger partial charge on any atom is 0.316 e. The zero-order valence-electron chi connectivity index (χ0n) is 12.7. The Bertz CT molecular complexity index is 694. The number of amidine groups is 1. The first-order chi connectivity index (χ1) is 10.5. The van der Waals surface area contributed by atoms with Crippen LogP contribution in [0.15, 0.2) is 48.4 Å². The summed E-state index contributed by atoms with van der Waals surface area (Å²) in [6.45, 7) is 2.00. The summed E-state index contributed by atoms with van der Waals surface area (Å²) >= 11 is 0. The van der Waals surface area contributed by atoms with Crippen molar-refractivity contribution in [3.05, 3.63) is 54.0 Å². The summed E-state index contributed by atoms with van der Waals surface area (Å²) in [5, 5.41) is 5.47. The average molecular weight is 298 g/mol. The molecular formula is C16H20N5O+. The molecule has 1 heterocycles. The molecule has 1 aromatic carbocycles. The van der Waals surface area contributed by atoms with E-state index in [1.54, 1.807) is 18.5 Å². The summed E-state index contributed by atoms with van der Waals surface area (Å²) in [5.74, 6) is 0.199. The highest BCUT2D eigenvalue weighted by atomic mass is 16.5. The van der Waals surface area contributed by atoms with Crippen molar-refractivity contribution in [2.75, 3.05) is 7.11 Å². The first kappa shape index (κ1) is 15.5. The number of benzene rings is 1. The monoisotopic (exact) mass is 298 g/mol. The summed E-state index contributed by atoms with van der Waals surface area (Å²) in [6.07, 6.45) is 5.02. The Kier molecular flexibility index (Phi) is 4.73. The Labute approximate surface area is 129 Å². The van der Waals surface area contributed by atoms with Crippen molar-refractivity contribution in [3.8, 4) is 17.1 Å². The second kappa shape index (κ2) is 6.71. The van der Waals surface area contributed by atoms with Gasteiger partial charge in [0.1, 0.15) is 0 Å². The second-order valence-electron chi connectivity index (χ2n) is 4.95. The molecule has 1 atom stereocenters. The number of nitrogens with zero attached hydrogens (tertiary/aromatic N) is 2. The third-order valence-electron chi connectivity index (χ3n) is 3.36. The number of aromatic nitrogens is 2. The van der Waals surface area contributed by atoms with Crippen LogP contribution in [0, 0.1) is 0 Å². The molecule has 0 saturated heterocycles. The van der Waals surface area contributed by atoms with Crippen LogP contribution in [0.2, 0.25) is 0 Å². The SMILES string of the molecule is COc1ncc(-c2cccc(C(C)C(N)=CC(N)=[NH2+])c2)cn1.